The van der Waals surface area contributed by atoms with Crippen LogP contribution in [0.2, 0.25) is 0 Å². The van der Waals surface area contributed by atoms with E-state index >= 15 is 0 Å². The Morgan fingerprint density at radius 3 is 1.75 bits per heavy atom. The third kappa shape index (κ3) is 7.68. The van der Waals surface area contributed by atoms with Crippen molar-refractivity contribution in [3.63, 3.8) is 0 Å². The van der Waals surface area contributed by atoms with E-state index in [1.54, 1.807) is 0 Å². The quantitative estimate of drug-likeness (QED) is 0.200. The molecule has 0 bridgehead atoms. The summed E-state index contributed by atoms with van der Waals surface area (Å²) in [6.07, 6.45) is -1.44. The van der Waals surface area contributed by atoms with Gasteiger partial charge in [-0.2, -0.15) is 0 Å². The summed E-state index contributed by atoms with van der Waals surface area (Å²) >= 11 is 0. The standard InChI is InChI=1S/C10H13NO8.Li.H/c1-4(11)7(13)17-5(2)8(14)19-10(16)9(15)18-6(3)12;;/h4-5H,11H2,1-3H3;;/t4-,5?;;/m0../s1. The molecule has 0 fully saturated rings. The van der Waals surface area contributed by atoms with Gasteiger partial charge in [-0.25, -0.2) is 14.4 Å². The van der Waals surface area contributed by atoms with Crippen molar-refractivity contribution in [1.29, 1.82) is 0 Å². The summed E-state index contributed by atoms with van der Waals surface area (Å²) in [6, 6.07) is -0.964. The van der Waals surface area contributed by atoms with Crippen LogP contribution < -0.4 is 5.73 Å². The van der Waals surface area contributed by atoms with Crippen LogP contribution >= 0.6 is 0 Å². The Bertz CT molecular complexity index is 419. The van der Waals surface area contributed by atoms with E-state index in [1.165, 1.54) is 6.92 Å². The molecule has 0 aliphatic rings. The Morgan fingerprint density at radius 1 is 0.900 bits per heavy atom. The minimum absolute atomic E-state index is 0. The van der Waals surface area contributed by atoms with E-state index < -0.39 is 42.0 Å². The number of nitrogens with two attached hydrogens (primary N) is 1. The van der Waals surface area contributed by atoms with E-state index in [4.69, 9.17) is 5.73 Å². The number of ether oxygens (including phenoxy) is 3. The van der Waals surface area contributed by atoms with Crippen molar-refractivity contribution in [3.05, 3.63) is 0 Å². The van der Waals surface area contributed by atoms with E-state index in [-0.39, 0.29) is 18.9 Å². The van der Waals surface area contributed by atoms with Crippen molar-refractivity contribution in [2.24, 2.45) is 5.73 Å². The molecule has 1 unspecified atom stereocenters. The van der Waals surface area contributed by atoms with Gasteiger partial charge in [0.15, 0.2) is 6.10 Å². The molecule has 0 spiro atoms. The van der Waals surface area contributed by atoms with Crippen LogP contribution in [-0.4, -0.2) is 60.9 Å². The molecular weight excluding hydrogens is 269 g/mol. The Balaban J connectivity index is 0. The number of esters is 5. The van der Waals surface area contributed by atoms with Crippen LogP contribution in [0.1, 0.15) is 20.8 Å². The van der Waals surface area contributed by atoms with Gasteiger partial charge < -0.3 is 19.9 Å². The Hall–Kier alpha value is -1.69. The van der Waals surface area contributed by atoms with Crippen molar-refractivity contribution in [2.75, 3.05) is 0 Å². The average Bonchev–Trinajstić information content (AvgIpc) is 2.27. The van der Waals surface area contributed by atoms with Crippen LogP contribution in [0, 0.1) is 0 Å². The molecule has 0 aromatic heterocycles. The first-order valence-corrected chi connectivity index (χ1v) is 5.09. The molecule has 0 saturated heterocycles. The van der Waals surface area contributed by atoms with Gasteiger partial charge in [0.2, 0.25) is 0 Å². The fourth-order valence-corrected chi connectivity index (χ4v) is 0.718. The van der Waals surface area contributed by atoms with Gasteiger partial charge in [0.25, 0.3) is 0 Å². The number of carbonyl (C=O) groups is 5. The summed E-state index contributed by atoms with van der Waals surface area (Å²) in [7, 11) is 0. The van der Waals surface area contributed by atoms with Crippen LogP contribution in [0.15, 0.2) is 0 Å². The van der Waals surface area contributed by atoms with E-state index in [2.05, 4.69) is 14.2 Å². The van der Waals surface area contributed by atoms with Crippen molar-refractivity contribution >= 4 is 48.7 Å². The van der Waals surface area contributed by atoms with Crippen LogP contribution in [0.3, 0.4) is 0 Å². The van der Waals surface area contributed by atoms with Gasteiger partial charge in [0.1, 0.15) is 6.04 Å². The van der Waals surface area contributed by atoms with E-state index in [0.717, 1.165) is 13.8 Å². The maximum absolute atomic E-state index is 11.2. The molecule has 2 atom stereocenters. The molecule has 0 radical (unpaired) electrons. The van der Waals surface area contributed by atoms with E-state index in [1.807, 2.05) is 0 Å². The topological polar surface area (TPSA) is 139 Å². The second-order valence-corrected chi connectivity index (χ2v) is 3.46. The van der Waals surface area contributed by atoms with Gasteiger partial charge in [0, 0.05) is 6.92 Å². The average molecular weight is 283 g/mol. The van der Waals surface area contributed by atoms with E-state index in [9.17, 15) is 24.0 Å². The Labute approximate surface area is 126 Å². The van der Waals surface area contributed by atoms with Gasteiger partial charge in [0.05, 0.1) is 0 Å². The summed E-state index contributed by atoms with van der Waals surface area (Å²) < 4.78 is 12.4. The number of hydrogen-bond acceptors (Lipinski definition) is 9. The maximum atomic E-state index is 11.2. The van der Waals surface area contributed by atoms with Crippen LogP contribution in [0.5, 0.6) is 0 Å². The van der Waals surface area contributed by atoms with Gasteiger partial charge in [-0.15, -0.1) is 0 Å². The second kappa shape index (κ2) is 9.25. The fourth-order valence-electron chi connectivity index (χ4n) is 0.718. The van der Waals surface area contributed by atoms with Gasteiger partial charge in [-0.05, 0) is 13.8 Å². The SMILES string of the molecule is CC(=O)OC(=O)C(=O)OC(=O)C(C)OC(=O)[C@H](C)N.[LiH]. The van der Waals surface area contributed by atoms with Crippen molar-refractivity contribution in [1.82, 2.24) is 0 Å². The summed E-state index contributed by atoms with van der Waals surface area (Å²) in [4.78, 5) is 54.5. The molecule has 0 amide bonds. The number of carbonyl (C=O) groups excluding carboxylic acids is 5. The van der Waals surface area contributed by atoms with Crippen LogP contribution in [-0.2, 0) is 38.2 Å². The van der Waals surface area contributed by atoms with Crippen LogP contribution in [0.4, 0.5) is 0 Å². The molecular formula is C10H14LiNO8. The van der Waals surface area contributed by atoms with Crippen LogP contribution in [0.25, 0.3) is 0 Å². The summed E-state index contributed by atoms with van der Waals surface area (Å²) in [5.74, 6) is -6.55. The first-order chi connectivity index (χ1) is 8.65. The predicted molar refractivity (Wildman–Crippen MR) is 64.2 cm³/mol. The van der Waals surface area contributed by atoms with Crippen molar-refractivity contribution < 1.29 is 38.2 Å². The third-order valence-electron chi connectivity index (χ3n) is 1.59. The molecule has 2 N–H and O–H groups in total. The van der Waals surface area contributed by atoms with Crippen molar-refractivity contribution in [3.8, 4) is 0 Å². The zero-order valence-corrected chi connectivity index (χ0v) is 10.5. The summed E-state index contributed by atoms with van der Waals surface area (Å²) in [5, 5.41) is 0. The zero-order chi connectivity index (χ0) is 15.2. The number of hydrogen-bond donors (Lipinski definition) is 1. The van der Waals surface area contributed by atoms with Gasteiger partial charge in [-0.1, -0.05) is 0 Å². The van der Waals surface area contributed by atoms with Gasteiger partial charge in [-0.3, -0.25) is 9.59 Å². The Kier molecular flexibility index (Phi) is 9.54. The molecule has 0 saturated carbocycles. The predicted octanol–water partition coefficient (Wildman–Crippen LogP) is -2.22. The second-order valence-electron chi connectivity index (χ2n) is 3.46. The summed E-state index contributed by atoms with van der Waals surface area (Å²) in [6.45, 7) is 3.34. The Morgan fingerprint density at radius 2 is 1.35 bits per heavy atom. The fraction of sp³-hybridized carbons (Fsp3) is 0.500. The molecule has 0 aliphatic heterocycles. The molecule has 108 valence electrons. The van der Waals surface area contributed by atoms with Crippen molar-refractivity contribution in [2.45, 2.75) is 32.9 Å². The van der Waals surface area contributed by atoms with Gasteiger partial charge >= 0.3 is 48.7 Å². The number of rotatable bonds is 3. The molecule has 0 heterocycles. The molecule has 9 nitrogen and oxygen atoms in total. The summed E-state index contributed by atoms with van der Waals surface area (Å²) in [5.41, 5.74) is 5.18. The normalized spacial score (nSPS) is 12.2. The minimum atomic E-state index is -1.69. The molecule has 0 aliphatic carbocycles. The first kappa shape index (κ1) is 20.6. The molecule has 20 heavy (non-hydrogen) atoms. The molecule has 10 heteroatoms. The molecule has 0 aromatic rings. The zero-order valence-electron chi connectivity index (χ0n) is 10.5. The van der Waals surface area contributed by atoms with E-state index in [0.29, 0.717) is 0 Å². The molecule has 0 rings (SSSR count). The molecule has 0 aromatic carbocycles. The first-order valence-electron chi connectivity index (χ1n) is 5.09. The monoisotopic (exact) mass is 283 g/mol. The third-order valence-corrected chi connectivity index (χ3v) is 1.59.